The minimum Gasteiger partial charge on any atom is -0.478 e. The third-order valence-corrected chi connectivity index (χ3v) is 3.89. The average Bonchev–Trinajstić information content (AvgIpc) is 2.91. The van der Waals surface area contributed by atoms with Gasteiger partial charge in [-0.15, -0.1) is 0 Å². The van der Waals surface area contributed by atoms with Crippen molar-refractivity contribution in [1.82, 2.24) is 14.0 Å². The molecule has 0 fully saturated rings. The Morgan fingerprint density at radius 2 is 1.91 bits per heavy atom. The first-order valence-electron chi connectivity index (χ1n) is 6.71. The van der Waals surface area contributed by atoms with Crippen LogP contribution in [0.5, 0.6) is 0 Å². The molecule has 6 heteroatoms. The van der Waals surface area contributed by atoms with Crippen molar-refractivity contribution in [3.05, 3.63) is 58.5 Å². The zero-order chi connectivity index (χ0) is 15.4. The van der Waals surface area contributed by atoms with Crippen LogP contribution in [0.4, 0.5) is 0 Å². The maximum atomic E-state index is 12.6. The van der Waals surface area contributed by atoms with Crippen molar-refractivity contribution in [2.24, 2.45) is 7.05 Å². The number of rotatable bonds is 1. The van der Waals surface area contributed by atoms with Gasteiger partial charge in [0.2, 0.25) is 0 Å². The zero-order valence-corrected chi connectivity index (χ0v) is 11.6. The van der Waals surface area contributed by atoms with Crippen LogP contribution in [0, 0.1) is 0 Å². The molecule has 22 heavy (non-hydrogen) atoms. The van der Waals surface area contributed by atoms with Gasteiger partial charge in [-0.05, 0) is 30.3 Å². The number of nitrogens with zero attached hydrogens (tertiary/aromatic N) is 3. The van der Waals surface area contributed by atoms with E-state index in [2.05, 4.69) is 4.98 Å². The number of aromatic nitrogens is 3. The van der Waals surface area contributed by atoms with Gasteiger partial charge in [-0.25, -0.2) is 19.0 Å². The van der Waals surface area contributed by atoms with Crippen LogP contribution in [0.25, 0.3) is 27.6 Å². The highest BCUT2D eigenvalue weighted by atomic mass is 16.4. The van der Waals surface area contributed by atoms with Crippen LogP contribution >= 0.6 is 0 Å². The molecule has 2 aromatic carbocycles. The van der Waals surface area contributed by atoms with Crippen LogP contribution in [0.2, 0.25) is 0 Å². The molecule has 2 aromatic heterocycles. The number of carbonyl (C=O) groups is 1. The van der Waals surface area contributed by atoms with Gasteiger partial charge in [0.1, 0.15) is 0 Å². The Morgan fingerprint density at radius 3 is 2.68 bits per heavy atom. The second-order valence-electron chi connectivity index (χ2n) is 5.14. The highest BCUT2D eigenvalue weighted by molar-refractivity contribution is 6.00. The van der Waals surface area contributed by atoms with E-state index in [4.69, 9.17) is 5.11 Å². The molecule has 0 spiro atoms. The van der Waals surface area contributed by atoms with E-state index < -0.39 is 5.97 Å². The van der Waals surface area contributed by atoms with Crippen LogP contribution in [0.3, 0.4) is 0 Å². The number of aromatic carboxylic acids is 1. The molecule has 1 N–H and O–H groups in total. The van der Waals surface area contributed by atoms with Gasteiger partial charge in [0.15, 0.2) is 5.65 Å². The molecule has 0 amide bonds. The number of para-hydroxylation sites is 2. The number of imidazole rings is 1. The number of hydrogen-bond donors (Lipinski definition) is 1. The molecule has 108 valence electrons. The van der Waals surface area contributed by atoms with Gasteiger partial charge in [0, 0.05) is 12.4 Å². The van der Waals surface area contributed by atoms with Crippen LogP contribution < -0.4 is 5.69 Å². The smallest absolute Gasteiger partial charge is 0.335 e. The largest absolute Gasteiger partial charge is 0.478 e. The molecule has 6 nitrogen and oxygen atoms in total. The van der Waals surface area contributed by atoms with Gasteiger partial charge in [-0.2, -0.15) is 0 Å². The lowest BCUT2D eigenvalue weighted by molar-refractivity contribution is 0.0697. The maximum Gasteiger partial charge on any atom is 0.335 e. The second kappa shape index (κ2) is 4.17. The Morgan fingerprint density at radius 1 is 1.14 bits per heavy atom. The van der Waals surface area contributed by atoms with Crippen LogP contribution in [0.15, 0.2) is 47.3 Å². The number of fused-ring (bicyclic) bond motifs is 5. The zero-order valence-electron chi connectivity index (χ0n) is 11.6. The SMILES string of the molecule is Cn1c(=O)n2c3ccccc3nc2c2ccc(C(=O)O)cc21. The fourth-order valence-electron chi connectivity index (χ4n) is 2.78. The number of carboxylic acid groups (broad SMARTS) is 1. The summed E-state index contributed by atoms with van der Waals surface area (Å²) in [5.41, 5.74) is 2.45. The Kier molecular flexibility index (Phi) is 2.39. The third kappa shape index (κ3) is 1.52. The average molecular weight is 293 g/mol. The Hall–Kier alpha value is -3.15. The minimum absolute atomic E-state index is 0.142. The van der Waals surface area contributed by atoms with Crippen molar-refractivity contribution in [3.63, 3.8) is 0 Å². The van der Waals surface area contributed by atoms with Crippen molar-refractivity contribution in [2.45, 2.75) is 0 Å². The lowest BCUT2D eigenvalue weighted by Gasteiger charge is -2.08. The van der Waals surface area contributed by atoms with Crippen molar-refractivity contribution in [2.75, 3.05) is 0 Å². The van der Waals surface area contributed by atoms with E-state index in [9.17, 15) is 9.59 Å². The number of aryl methyl sites for hydroxylation is 1. The molecule has 0 saturated heterocycles. The quantitative estimate of drug-likeness (QED) is 0.582. The van der Waals surface area contributed by atoms with E-state index >= 15 is 0 Å². The number of hydrogen-bond acceptors (Lipinski definition) is 3. The standard InChI is InChI=1S/C16H11N3O3/c1-18-13-8-9(15(20)21)6-7-10(13)14-17-11-4-2-3-5-12(11)19(14)16(18)22/h2-8H,1H3,(H,20,21). The summed E-state index contributed by atoms with van der Waals surface area (Å²) in [6.45, 7) is 0. The molecule has 0 saturated carbocycles. The summed E-state index contributed by atoms with van der Waals surface area (Å²) in [5, 5.41) is 9.86. The summed E-state index contributed by atoms with van der Waals surface area (Å²) in [7, 11) is 1.63. The summed E-state index contributed by atoms with van der Waals surface area (Å²) in [4.78, 5) is 28.3. The summed E-state index contributed by atoms with van der Waals surface area (Å²) < 4.78 is 3.00. The monoisotopic (exact) mass is 293 g/mol. The molecule has 4 aromatic rings. The van der Waals surface area contributed by atoms with Gasteiger partial charge < -0.3 is 5.11 Å². The molecular formula is C16H11N3O3. The summed E-state index contributed by atoms with van der Waals surface area (Å²) in [5.74, 6) is -1.03. The Labute approximate surface area is 123 Å². The van der Waals surface area contributed by atoms with E-state index in [1.54, 1.807) is 17.5 Å². The normalized spacial score (nSPS) is 11.5. The molecular weight excluding hydrogens is 282 g/mol. The number of benzene rings is 2. The van der Waals surface area contributed by atoms with E-state index in [-0.39, 0.29) is 11.3 Å². The van der Waals surface area contributed by atoms with E-state index in [0.29, 0.717) is 11.2 Å². The van der Waals surface area contributed by atoms with E-state index in [0.717, 1.165) is 16.4 Å². The molecule has 0 bridgehead atoms. The fourth-order valence-corrected chi connectivity index (χ4v) is 2.78. The molecule has 0 atom stereocenters. The first kappa shape index (κ1) is 12.6. The Balaban J connectivity index is 2.30. The second-order valence-corrected chi connectivity index (χ2v) is 5.14. The summed E-state index contributed by atoms with van der Waals surface area (Å²) in [6, 6.07) is 12.1. The minimum atomic E-state index is -1.03. The van der Waals surface area contributed by atoms with Crippen LogP contribution in [-0.4, -0.2) is 25.0 Å². The highest BCUT2D eigenvalue weighted by Gasteiger charge is 2.15. The lowest BCUT2D eigenvalue weighted by Crippen LogP contribution is -2.24. The molecule has 0 radical (unpaired) electrons. The Bertz CT molecular complexity index is 1140. The summed E-state index contributed by atoms with van der Waals surface area (Å²) >= 11 is 0. The van der Waals surface area contributed by atoms with Gasteiger partial charge >= 0.3 is 11.7 Å². The maximum absolute atomic E-state index is 12.6. The summed E-state index contributed by atoms with van der Waals surface area (Å²) in [6.07, 6.45) is 0. The predicted molar refractivity (Wildman–Crippen MR) is 82.4 cm³/mol. The lowest BCUT2D eigenvalue weighted by atomic mass is 10.1. The van der Waals surface area contributed by atoms with Gasteiger partial charge in [0.25, 0.3) is 0 Å². The predicted octanol–water partition coefficient (Wildman–Crippen LogP) is 2.04. The fraction of sp³-hybridized carbons (Fsp3) is 0.0625. The van der Waals surface area contributed by atoms with Gasteiger partial charge in [0.05, 0.1) is 22.1 Å². The third-order valence-electron chi connectivity index (χ3n) is 3.89. The van der Waals surface area contributed by atoms with Crippen molar-refractivity contribution in [3.8, 4) is 0 Å². The first-order valence-corrected chi connectivity index (χ1v) is 6.71. The molecule has 4 rings (SSSR count). The molecule has 0 aliphatic heterocycles. The van der Waals surface area contributed by atoms with Gasteiger partial charge in [-0.1, -0.05) is 12.1 Å². The highest BCUT2D eigenvalue weighted by Crippen LogP contribution is 2.22. The van der Waals surface area contributed by atoms with Crippen molar-refractivity contribution in [1.29, 1.82) is 0 Å². The van der Waals surface area contributed by atoms with E-state index in [1.807, 2.05) is 24.3 Å². The topological polar surface area (TPSA) is 76.6 Å². The number of carboxylic acids is 1. The first-order chi connectivity index (χ1) is 10.6. The van der Waals surface area contributed by atoms with Crippen molar-refractivity contribution >= 4 is 33.6 Å². The van der Waals surface area contributed by atoms with E-state index in [1.165, 1.54) is 16.7 Å². The van der Waals surface area contributed by atoms with Crippen molar-refractivity contribution < 1.29 is 9.90 Å². The molecule has 0 aliphatic rings. The van der Waals surface area contributed by atoms with Crippen LogP contribution in [-0.2, 0) is 7.05 Å². The van der Waals surface area contributed by atoms with Crippen LogP contribution in [0.1, 0.15) is 10.4 Å². The van der Waals surface area contributed by atoms with Gasteiger partial charge in [-0.3, -0.25) is 4.57 Å². The molecule has 0 unspecified atom stereocenters. The molecule has 2 heterocycles. The molecule has 0 aliphatic carbocycles.